The van der Waals surface area contributed by atoms with Crippen LogP contribution in [-0.4, -0.2) is 21.4 Å². The van der Waals surface area contributed by atoms with Crippen molar-refractivity contribution in [1.29, 1.82) is 0 Å². The Kier molecular flexibility index (Phi) is 3.34. The number of primary amides is 1. The molecular weight excluding hydrogens is 314 g/mol. The molecule has 1 aliphatic heterocycles. The zero-order valence-electron chi connectivity index (χ0n) is 12.1. The highest BCUT2D eigenvalue weighted by Gasteiger charge is 2.24. The number of ether oxygens (including phenoxy) is 2. The molecule has 116 valence electrons. The number of fused-ring (bicyclic) bond motifs is 2. The van der Waals surface area contributed by atoms with Gasteiger partial charge in [0.1, 0.15) is 22.9 Å². The maximum absolute atomic E-state index is 11.0. The lowest BCUT2D eigenvalue weighted by Gasteiger charge is -2.25. The van der Waals surface area contributed by atoms with Gasteiger partial charge in [0, 0.05) is 12.0 Å². The van der Waals surface area contributed by atoms with Crippen LogP contribution >= 0.6 is 11.7 Å². The molecule has 2 aromatic carbocycles. The molecule has 0 bridgehead atoms. The van der Waals surface area contributed by atoms with Crippen molar-refractivity contribution in [2.24, 2.45) is 5.73 Å². The topological polar surface area (TPSA) is 87.3 Å². The second-order valence-corrected chi connectivity index (χ2v) is 5.81. The molecule has 2 heterocycles. The maximum Gasteiger partial charge on any atom is 0.405 e. The summed E-state index contributed by atoms with van der Waals surface area (Å²) in [4.78, 5) is 11.0. The van der Waals surface area contributed by atoms with E-state index in [2.05, 4.69) is 8.75 Å². The Morgan fingerprint density at radius 2 is 1.96 bits per heavy atom. The number of carbonyl (C=O) groups excluding carboxylic acids is 1. The average molecular weight is 327 g/mol. The summed E-state index contributed by atoms with van der Waals surface area (Å²) in [6.07, 6.45) is -0.518. The number of hydrogen-bond donors (Lipinski definition) is 1. The van der Waals surface area contributed by atoms with Crippen LogP contribution in [0.1, 0.15) is 18.1 Å². The summed E-state index contributed by atoms with van der Waals surface area (Å²) >= 11 is 1.20. The first kappa shape index (κ1) is 14.0. The Morgan fingerprint density at radius 1 is 1.17 bits per heavy atom. The first-order valence-corrected chi connectivity index (χ1v) is 7.89. The van der Waals surface area contributed by atoms with Crippen LogP contribution in [0.4, 0.5) is 4.79 Å². The van der Waals surface area contributed by atoms with Crippen molar-refractivity contribution < 1.29 is 14.3 Å². The van der Waals surface area contributed by atoms with Gasteiger partial charge in [0.15, 0.2) is 0 Å². The molecule has 0 aliphatic carbocycles. The summed E-state index contributed by atoms with van der Waals surface area (Å²) < 4.78 is 19.3. The Balaban J connectivity index is 1.72. The Morgan fingerprint density at radius 3 is 2.83 bits per heavy atom. The van der Waals surface area contributed by atoms with Gasteiger partial charge in [0.05, 0.1) is 18.3 Å². The Hall–Kier alpha value is -2.67. The largest absolute Gasteiger partial charge is 0.493 e. The molecule has 2 N–H and O–H groups in total. The number of rotatable bonds is 2. The molecule has 7 heteroatoms. The second-order valence-electron chi connectivity index (χ2n) is 5.28. The van der Waals surface area contributed by atoms with Crippen LogP contribution < -0.4 is 10.5 Å². The molecule has 1 aliphatic rings. The van der Waals surface area contributed by atoms with Gasteiger partial charge in [-0.15, -0.1) is 0 Å². The van der Waals surface area contributed by atoms with E-state index in [-0.39, 0.29) is 6.10 Å². The highest BCUT2D eigenvalue weighted by atomic mass is 32.1. The van der Waals surface area contributed by atoms with Crippen LogP contribution in [-0.2, 0) is 4.74 Å². The highest BCUT2D eigenvalue weighted by Crippen LogP contribution is 2.37. The van der Waals surface area contributed by atoms with Crippen molar-refractivity contribution in [3.05, 3.63) is 42.0 Å². The molecule has 6 nitrogen and oxygen atoms in total. The fourth-order valence-electron chi connectivity index (χ4n) is 2.76. The van der Waals surface area contributed by atoms with E-state index in [1.165, 1.54) is 11.7 Å². The molecule has 1 amide bonds. The van der Waals surface area contributed by atoms with Crippen LogP contribution in [0.5, 0.6) is 5.75 Å². The monoisotopic (exact) mass is 327 g/mol. The summed E-state index contributed by atoms with van der Waals surface area (Å²) in [5.74, 6) is 0.719. The van der Waals surface area contributed by atoms with E-state index < -0.39 is 6.09 Å². The molecular formula is C16H13N3O3S. The molecule has 0 saturated carbocycles. The highest BCUT2D eigenvalue weighted by molar-refractivity contribution is 7.00. The van der Waals surface area contributed by atoms with Crippen LogP contribution in [0.15, 0.2) is 36.4 Å². The summed E-state index contributed by atoms with van der Waals surface area (Å²) in [6, 6.07) is 11.8. The molecule has 1 aromatic heterocycles. The summed E-state index contributed by atoms with van der Waals surface area (Å²) in [6.45, 7) is 0.490. The number of nitrogens with zero attached hydrogens (tertiary/aromatic N) is 2. The van der Waals surface area contributed by atoms with E-state index in [4.69, 9.17) is 15.2 Å². The van der Waals surface area contributed by atoms with E-state index in [1.54, 1.807) is 0 Å². The van der Waals surface area contributed by atoms with E-state index in [0.29, 0.717) is 13.0 Å². The lowest BCUT2D eigenvalue weighted by atomic mass is 9.98. The van der Waals surface area contributed by atoms with Crippen molar-refractivity contribution in [3.63, 3.8) is 0 Å². The average Bonchev–Trinajstić information content (AvgIpc) is 3.01. The lowest BCUT2D eigenvalue weighted by molar-refractivity contribution is 0.0766. The molecule has 0 spiro atoms. The minimum absolute atomic E-state index is 0.351. The van der Waals surface area contributed by atoms with Crippen molar-refractivity contribution in [3.8, 4) is 16.9 Å². The molecule has 1 unspecified atom stereocenters. The normalized spacial score (nSPS) is 16.6. The van der Waals surface area contributed by atoms with Gasteiger partial charge < -0.3 is 15.2 Å². The molecule has 0 saturated heterocycles. The summed E-state index contributed by atoms with van der Waals surface area (Å²) in [7, 11) is 0. The van der Waals surface area contributed by atoms with Gasteiger partial charge in [0.25, 0.3) is 0 Å². The van der Waals surface area contributed by atoms with Crippen LogP contribution in [0.25, 0.3) is 22.2 Å². The van der Waals surface area contributed by atoms with E-state index in [1.807, 2.05) is 36.4 Å². The molecule has 0 fully saturated rings. The predicted molar refractivity (Wildman–Crippen MR) is 86.4 cm³/mol. The predicted octanol–water partition coefficient (Wildman–Crippen LogP) is 3.28. The van der Waals surface area contributed by atoms with Gasteiger partial charge in [-0.3, -0.25) is 0 Å². The van der Waals surface area contributed by atoms with Gasteiger partial charge >= 0.3 is 6.09 Å². The molecule has 3 aromatic rings. The van der Waals surface area contributed by atoms with E-state index in [9.17, 15) is 4.79 Å². The number of amides is 1. The number of benzene rings is 2. The van der Waals surface area contributed by atoms with Gasteiger partial charge in [-0.05, 0) is 29.3 Å². The summed E-state index contributed by atoms with van der Waals surface area (Å²) in [5.41, 5.74) is 9.79. The van der Waals surface area contributed by atoms with Crippen LogP contribution in [0.3, 0.4) is 0 Å². The van der Waals surface area contributed by atoms with E-state index in [0.717, 1.165) is 33.5 Å². The second kappa shape index (κ2) is 5.51. The molecule has 1 atom stereocenters. The SMILES string of the molecule is NC(=O)OC1CCOc2cc(-c3ccc4nsnc4c3)ccc21. The van der Waals surface area contributed by atoms with Crippen LogP contribution in [0, 0.1) is 0 Å². The van der Waals surface area contributed by atoms with E-state index >= 15 is 0 Å². The smallest absolute Gasteiger partial charge is 0.405 e. The number of carbonyl (C=O) groups is 1. The van der Waals surface area contributed by atoms with Crippen molar-refractivity contribution in [2.45, 2.75) is 12.5 Å². The third-order valence-corrected chi connectivity index (χ3v) is 4.40. The first-order valence-electron chi connectivity index (χ1n) is 7.16. The van der Waals surface area contributed by atoms with Crippen molar-refractivity contribution in [1.82, 2.24) is 8.75 Å². The molecule has 23 heavy (non-hydrogen) atoms. The zero-order valence-corrected chi connectivity index (χ0v) is 12.9. The number of aromatic nitrogens is 2. The summed E-state index contributed by atoms with van der Waals surface area (Å²) in [5, 5.41) is 0. The standard InChI is InChI=1S/C16H13N3O3S/c17-16(20)22-14-5-6-21-15-8-10(1-3-11(14)15)9-2-4-12-13(7-9)19-23-18-12/h1-4,7-8,14H,5-6H2,(H2,17,20). The van der Waals surface area contributed by atoms with Gasteiger partial charge in [-0.2, -0.15) is 8.75 Å². The quantitative estimate of drug-likeness (QED) is 0.780. The maximum atomic E-state index is 11.0. The molecule has 4 rings (SSSR count). The van der Waals surface area contributed by atoms with Crippen LogP contribution in [0.2, 0.25) is 0 Å². The van der Waals surface area contributed by atoms with Gasteiger partial charge in [-0.25, -0.2) is 4.79 Å². The van der Waals surface area contributed by atoms with Gasteiger partial charge in [0.2, 0.25) is 0 Å². The fourth-order valence-corrected chi connectivity index (χ4v) is 3.28. The van der Waals surface area contributed by atoms with Gasteiger partial charge in [-0.1, -0.05) is 18.2 Å². The fraction of sp³-hybridized carbons (Fsp3) is 0.188. The number of hydrogen-bond acceptors (Lipinski definition) is 6. The third-order valence-electron chi connectivity index (χ3n) is 3.84. The van der Waals surface area contributed by atoms with Crippen molar-refractivity contribution in [2.75, 3.05) is 6.61 Å². The lowest BCUT2D eigenvalue weighted by Crippen LogP contribution is -2.22. The third kappa shape index (κ3) is 2.59. The van der Waals surface area contributed by atoms with Crippen molar-refractivity contribution >= 4 is 28.9 Å². The number of nitrogens with two attached hydrogens (primary N) is 1. The first-order chi connectivity index (χ1) is 11.2. The minimum atomic E-state index is -0.770. The Labute approximate surface area is 136 Å². The minimum Gasteiger partial charge on any atom is -0.493 e. The zero-order chi connectivity index (χ0) is 15.8. The molecule has 0 radical (unpaired) electrons. The Bertz CT molecular complexity index is 893.